The molecule has 0 aliphatic heterocycles. The number of anilines is 1. The number of hydrogen-bond acceptors (Lipinski definition) is 3. The SMILES string of the molecule is O=S(=O)(CCCCNC1CC1)Nc1ccc(F)cc1Br. The monoisotopic (exact) mass is 364 g/mol. The maximum absolute atomic E-state index is 12.9. The van der Waals surface area contributed by atoms with Gasteiger partial charge in [-0.25, -0.2) is 12.8 Å². The Morgan fingerprint density at radius 1 is 1.30 bits per heavy atom. The van der Waals surface area contributed by atoms with Gasteiger partial charge in [-0.15, -0.1) is 0 Å². The Labute approximate surface area is 127 Å². The third kappa shape index (κ3) is 5.38. The number of hydrogen-bond donors (Lipinski definition) is 2. The lowest BCUT2D eigenvalue weighted by Gasteiger charge is -2.10. The average Bonchev–Trinajstić information content (AvgIpc) is 3.16. The van der Waals surface area contributed by atoms with Gasteiger partial charge in [0.2, 0.25) is 10.0 Å². The molecular weight excluding hydrogens is 347 g/mol. The van der Waals surface area contributed by atoms with Gasteiger partial charge in [0.15, 0.2) is 0 Å². The first-order valence-corrected chi connectivity index (χ1v) is 9.10. The molecule has 1 aliphatic rings. The van der Waals surface area contributed by atoms with E-state index in [1.54, 1.807) is 0 Å². The zero-order valence-corrected chi connectivity index (χ0v) is 13.4. The normalized spacial score (nSPS) is 15.3. The van der Waals surface area contributed by atoms with Crippen LogP contribution in [-0.4, -0.2) is 26.8 Å². The molecule has 2 rings (SSSR count). The molecule has 0 spiro atoms. The second-order valence-corrected chi connectivity index (χ2v) is 7.68. The van der Waals surface area contributed by atoms with Crippen molar-refractivity contribution in [3.8, 4) is 0 Å². The van der Waals surface area contributed by atoms with Crippen molar-refractivity contribution >= 4 is 31.6 Å². The quantitative estimate of drug-likeness (QED) is 0.697. The van der Waals surface area contributed by atoms with Gasteiger partial charge in [0.25, 0.3) is 0 Å². The molecule has 0 amide bonds. The van der Waals surface area contributed by atoms with Crippen molar-refractivity contribution < 1.29 is 12.8 Å². The predicted octanol–water partition coefficient (Wildman–Crippen LogP) is 2.86. The topological polar surface area (TPSA) is 58.2 Å². The number of rotatable bonds is 8. The maximum Gasteiger partial charge on any atom is 0.232 e. The first kappa shape index (κ1) is 15.7. The van der Waals surface area contributed by atoms with Crippen LogP contribution in [0.15, 0.2) is 22.7 Å². The van der Waals surface area contributed by atoms with E-state index < -0.39 is 15.8 Å². The zero-order valence-electron chi connectivity index (χ0n) is 11.0. The molecule has 0 atom stereocenters. The average molecular weight is 365 g/mol. The lowest BCUT2D eigenvalue weighted by molar-refractivity contribution is 0.590. The van der Waals surface area contributed by atoms with Gasteiger partial charge in [-0.3, -0.25) is 4.72 Å². The first-order valence-electron chi connectivity index (χ1n) is 6.65. The standard InChI is InChI=1S/C13H18BrFN2O2S/c14-12-9-10(15)3-6-13(12)17-20(18,19)8-2-1-7-16-11-4-5-11/h3,6,9,11,16-17H,1-2,4-5,7-8H2. The van der Waals surface area contributed by atoms with Crippen molar-refractivity contribution in [3.63, 3.8) is 0 Å². The Balaban J connectivity index is 1.77. The molecule has 0 radical (unpaired) electrons. The summed E-state index contributed by atoms with van der Waals surface area (Å²) >= 11 is 3.14. The van der Waals surface area contributed by atoms with Crippen LogP contribution in [0.25, 0.3) is 0 Å². The molecule has 1 aromatic carbocycles. The molecule has 1 aliphatic carbocycles. The van der Waals surface area contributed by atoms with E-state index in [4.69, 9.17) is 0 Å². The Morgan fingerprint density at radius 2 is 2.05 bits per heavy atom. The van der Waals surface area contributed by atoms with Crippen LogP contribution >= 0.6 is 15.9 Å². The highest BCUT2D eigenvalue weighted by Gasteiger charge is 2.19. The third-order valence-corrected chi connectivity index (χ3v) is 5.06. The fraction of sp³-hybridized carbons (Fsp3) is 0.538. The molecule has 4 nitrogen and oxygen atoms in total. The van der Waals surface area contributed by atoms with Gasteiger partial charge in [-0.05, 0) is 66.4 Å². The molecular formula is C13H18BrFN2O2S. The Bertz CT molecular complexity index is 561. The van der Waals surface area contributed by atoms with Crippen molar-refractivity contribution in [2.75, 3.05) is 17.0 Å². The highest BCUT2D eigenvalue weighted by atomic mass is 79.9. The number of benzene rings is 1. The number of unbranched alkanes of at least 4 members (excludes halogenated alkanes) is 1. The second kappa shape index (κ2) is 6.87. The van der Waals surface area contributed by atoms with Crippen LogP contribution in [0, 0.1) is 5.82 Å². The second-order valence-electron chi connectivity index (χ2n) is 4.98. The van der Waals surface area contributed by atoms with E-state index in [1.165, 1.54) is 31.0 Å². The summed E-state index contributed by atoms with van der Waals surface area (Å²) < 4.78 is 39.6. The Morgan fingerprint density at radius 3 is 2.70 bits per heavy atom. The Kier molecular flexibility index (Phi) is 5.40. The van der Waals surface area contributed by atoms with E-state index in [1.807, 2.05) is 0 Å². The molecule has 0 bridgehead atoms. The minimum Gasteiger partial charge on any atom is -0.314 e. The van der Waals surface area contributed by atoms with E-state index in [-0.39, 0.29) is 5.75 Å². The van der Waals surface area contributed by atoms with Gasteiger partial charge in [0.1, 0.15) is 5.82 Å². The van der Waals surface area contributed by atoms with Gasteiger partial charge >= 0.3 is 0 Å². The summed E-state index contributed by atoms with van der Waals surface area (Å²) in [5, 5.41) is 3.34. The van der Waals surface area contributed by atoms with E-state index in [9.17, 15) is 12.8 Å². The molecule has 20 heavy (non-hydrogen) atoms. The number of halogens is 2. The van der Waals surface area contributed by atoms with E-state index in [0.717, 1.165) is 13.0 Å². The fourth-order valence-corrected chi connectivity index (χ4v) is 3.58. The highest BCUT2D eigenvalue weighted by Crippen LogP contribution is 2.24. The van der Waals surface area contributed by atoms with Gasteiger partial charge in [0.05, 0.1) is 11.4 Å². The fourth-order valence-electron chi connectivity index (χ4n) is 1.80. The maximum atomic E-state index is 12.9. The lowest BCUT2D eigenvalue weighted by Crippen LogP contribution is -2.20. The number of sulfonamides is 1. The summed E-state index contributed by atoms with van der Waals surface area (Å²) in [5.74, 6) is -0.339. The van der Waals surface area contributed by atoms with Gasteiger partial charge in [-0.1, -0.05) is 0 Å². The summed E-state index contributed by atoms with van der Waals surface area (Å²) in [5.41, 5.74) is 0.363. The summed E-state index contributed by atoms with van der Waals surface area (Å²) in [6, 6.07) is 4.52. The van der Waals surface area contributed by atoms with Gasteiger partial charge < -0.3 is 5.32 Å². The van der Waals surface area contributed by atoms with E-state index >= 15 is 0 Å². The summed E-state index contributed by atoms with van der Waals surface area (Å²) in [7, 11) is -3.39. The van der Waals surface area contributed by atoms with Crippen molar-refractivity contribution in [1.82, 2.24) is 5.32 Å². The lowest BCUT2D eigenvalue weighted by atomic mass is 10.3. The smallest absolute Gasteiger partial charge is 0.232 e. The molecule has 1 saturated carbocycles. The van der Waals surface area contributed by atoms with Crippen LogP contribution in [-0.2, 0) is 10.0 Å². The molecule has 112 valence electrons. The van der Waals surface area contributed by atoms with Crippen molar-refractivity contribution in [2.24, 2.45) is 0 Å². The number of nitrogens with one attached hydrogen (secondary N) is 2. The molecule has 0 heterocycles. The minimum absolute atomic E-state index is 0.0726. The van der Waals surface area contributed by atoms with Crippen LogP contribution in [0.1, 0.15) is 25.7 Å². The van der Waals surface area contributed by atoms with Crippen LogP contribution in [0.3, 0.4) is 0 Å². The highest BCUT2D eigenvalue weighted by molar-refractivity contribution is 9.10. The van der Waals surface area contributed by atoms with Crippen LogP contribution < -0.4 is 10.0 Å². The molecule has 0 unspecified atom stereocenters. The molecule has 2 N–H and O–H groups in total. The Hall–Kier alpha value is -0.660. The predicted molar refractivity (Wildman–Crippen MR) is 81.8 cm³/mol. The molecule has 1 fully saturated rings. The third-order valence-electron chi connectivity index (χ3n) is 3.05. The van der Waals surface area contributed by atoms with Crippen LogP contribution in [0.5, 0.6) is 0 Å². The van der Waals surface area contributed by atoms with Crippen LogP contribution in [0.4, 0.5) is 10.1 Å². The van der Waals surface area contributed by atoms with Crippen molar-refractivity contribution in [2.45, 2.75) is 31.7 Å². The largest absolute Gasteiger partial charge is 0.314 e. The summed E-state index contributed by atoms with van der Waals surface area (Å²) in [6.45, 7) is 0.862. The first-order chi connectivity index (χ1) is 9.46. The molecule has 1 aromatic rings. The van der Waals surface area contributed by atoms with E-state index in [2.05, 4.69) is 26.0 Å². The van der Waals surface area contributed by atoms with Crippen molar-refractivity contribution in [1.29, 1.82) is 0 Å². The zero-order chi connectivity index (χ0) is 14.6. The summed E-state index contributed by atoms with van der Waals surface area (Å²) in [4.78, 5) is 0. The van der Waals surface area contributed by atoms with Crippen LogP contribution in [0.2, 0.25) is 0 Å². The molecule has 0 aromatic heterocycles. The molecule has 7 heteroatoms. The van der Waals surface area contributed by atoms with Crippen molar-refractivity contribution in [3.05, 3.63) is 28.5 Å². The van der Waals surface area contributed by atoms with E-state index in [0.29, 0.717) is 22.6 Å². The minimum atomic E-state index is -3.39. The summed E-state index contributed by atoms with van der Waals surface area (Å²) in [6.07, 6.45) is 3.91. The van der Waals surface area contributed by atoms with Gasteiger partial charge in [0, 0.05) is 10.5 Å². The molecule has 0 saturated heterocycles. The van der Waals surface area contributed by atoms with Gasteiger partial charge in [-0.2, -0.15) is 0 Å².